The average Bonchev–Trinajstić information content (AvgIpc) is 3.29. The second-order valence-corrected chi connectivity index (χ2v) is 8.40. The molecule has 31 heavy (non-hydrogen) atoms. The van der Waals surface area contributed by atoms with Gasteiger partial charge in [0, 0.05) is 25.8 Å². The van der Waals surface area contributed by atoms with Gasteiger partial charge in [-0.05, 0) is 38.0 Å². The number of aryl methyl sites for hydroxylation is 4. The molecule has 2 aromatic heterocycles. The van der Waals surface area contributed by atoms with Crippen LogP contribution in [0, 0.1) is 20.8 Å². The molecule has 0 N–H and O–H groups in total. The summed E-state index contributed by atoms with van der Waals surface area (Å²) in [5.41, 5.74) is 5.73. The Kier molecular flexibility index (Phi) is 4.36. The molecule has 0 fully saturated rings. The minimum atomic E-state index is -0.353. The van der Waals surface area contributed by atoms with Crippen molar-refractivity contribution in [3.05, 3.63) is 85.6 Å². The number of aromatic nitrogens is 4. The molecule has 0 spiro atoms. The molecule has 1 aliphatic rings. The van der Waals surface area contributed by atoms with E-state index in [0.717, 1.165) is 28.9 Å². The van der Waals surface area contributed by atoms with Crippen molar-refractivity contribution in [3.8, 4) is 0 Å². The van der Waals surface area contributed by atoms with Gasteiger partial charge in [-0.25, -0.2) is 4.79 Å². The minimum absolute atomic E-state index is 0.241. The summed E-state index contributed by atoms with van der Waals surface area (Å²) in [4.78, 5) is 33.3. The first-order valence-electron chi connectivity index (χ1n) is 10.5. The third kappa shape index (κ3) is 3.00. The fourth-order valence-electron chi connectivity index (χ4n) is 4.55. The molecule has 0 unspecified atom stereocenters. The Bertz CT molecular complexity index is 1460. The van der Waals surface area contributed by atoms with Crippen molar-refractivity contribution in [2.45, 2.75) is 33.9 Å². The molecule has 0 radical (unpaired) electrons. The number of rotatable bonds is 3. The first-order chi connectivity index (χ1) is 14.8. The predicted octanol–water partition coefficient (Wildman–Crippen LogP) is 3.02. The second-order valence-electron chi connectivity index (χ2n) is 8.40. The molecule has 1 aliphatic heterocycles. The van der Waals surface area contributed by atoms with Gasteiger partial charge in [-0.2, -0.15) is 4.98 Å². The van der Waals surface area contributed by atoms with Gasteiger partial charge in [-0.3, -0.25) is 13.9 Å². The van der Waals surface area contributed by atoms with E-state index in [4.69, 9.17) is 4.98 Å². The molecule has 7 heteroatoms. The van der Waals surface area contributed by atoms with Gasteiger partial charge >= 0.3 is 5.69 Å². The van der Waals surface area contributed by atoms with Crippen LogP contribution in [0.15, 0.2) is 52.1 Å². The molecule has 0 saturated carbocycles. The summed E-state index contributed by atoms with van der Waals surface area (Å²) in [6, 6.07) is 14.2. The lowest BCUT2D eigenvalue weighted by molar-refractivity contribution is 0.652. The zero-order valence-electron chi connectivity index (χ0n) is 18.2. The van der Waals surface area contributed by atoms with Crippen molar-refractivity contribution in [2.24, 2.45) is 7.05 Å². The number of benzene rings is 2. The SMILES string of the molecule is Cc1cccc(Cn2c(=O)c3c(nc4n3CCN4c3ccc(C)cc3C)n(C)c2=O)c1. The monoisotopic (exact) mass is 415 g/mol. The molecule has 0 saturated heterocycles. The molecule has 0 bridgehead atoms. The quantitative estimate of drug-likeness (QED) is 0.516. The van der Waals surface area contributed by atoms with Crippen LogP contribution >= 0.6 is 0 Å². The number of hydrogen-bond acceptors (Lipinski definition) is 4. The molecule has 0 aliphatic carbocycles. The normalized spacial score (nSPS) is 13.2. The fraction of sp³-hybridized carbons (Fsp3) is 0.292. The number of nitrogens with zero attached hydrogens (tertiary/aromatic N) is 5. The highest BCUT2D eigenvalue weighted by Crippen LogP contribution is 2.33. The number of hydrogen-bond donors (Lipinski definition) is 0. The summed E-state index contributed by atoms with van der Waals surface area (Å²) in [6.07, 6.45) is 0. The first kappa shape index (κ1) is 19.4. The van der Waals surface area contributed by atoms with Crippen molar-refractivity contribution >= 4 is 22.8 Å². The van der Waals surface area contributed by atoms with E-state index >= 15 is 0 Å². The number of fused-ring (bicyclic) bond motifs is 3. The topological polar surface area (TPSA) is 65.1 Å². The third-order valence-corrected chi connectivity index (χ3v) is 6.07. The highest BCUT2D eigenvalue weighted by molar-refractivity contribution is 5.78. The van der Waals surface area contributed by atoms with Crippen LogP contribution < -0.4 is 16.1 Å². The van der Waals surface area contributed by atoms with E-state index in [-0.39, 0.29) is 17.8 Å². The molecule has 5 rings (SSSR count). The maximum absolute atomic E-state index is 13.4. The zero-order chi connectivity index (χ0) is 21.9. The van der Waals surface area contributed by atoms with Crippen molar-refractivity contribution < 1.29 is 0 Å². The van der Waals surface area contributed by atoms with E-state index in [1.807, 2.05) is 35.8 Å². The average molecular weight is 415 g/mol. The van der Waals surface area contributed by atoms with Crippen LogP contribution in [-0.2, 0) is 20.1 Å². The van der Waals surface area contributed by atoms with Gasteiger partial charge in [0.25, 0.3) is 5.56 Å². The van der Waals surface area contributed by atoms with Gasteiger partial charge in [0.2, 0.25) is 5.95 Å². The number of anilines is 2. The predicted molar refractivity (Wildman–Crippen MR) is 122 cm³/mol. The molecular weight excluding hydrogens is 390 g/mol. The van der Waals surface area contributed by atoms with Crippen molar-refractivity contribution in [1.29, 1.82) is 0 Å². The van der Waals surface area contributed by atoms with Crippen molar-refractivity contribution in [2.75, 3.05) is 11.4 Å². The van der Waals surface area contributed by atoms with Crippen LogP contribution in [0.3, 0.4) is 0 Å². The zero-order valence-corrected chi connectivity index (χ0v) is 18.2. The molecule has 0 amide bonds. The largest absolute Gasteiger partial charge is 0.332 e. The summed E-state index contributed by atoms with van der Waals surface area (Å²) in [5.74, 6) is 0.711. The fourth-order valence-corrected chi connectivity index (χ4v) is 4.55. The summed E-state index contributed by atoms with van der Waals surface area (Å²) in [5, 5.41) is 0. The van der Waals surface area contributed by atoms with Crippen LogP contribution in [0.5, 0.6) is 0 Å². The molecule has 0 atom stereocenters. The van der Waals surface area contributed by atoms with Gasteiger partial charge in [-0.1, -0.05) is 47.5 Å². The van der Waals surface area contributed by atoms with Crippen LogP contribution in [-0.4, -0.2) is 25.2 Å². The maximum Gasteiger partial charge on any atom is 0.332 e. The summed E-state index contributed by atoms with van der Waals surface area (Å²) in [7, 11) is 1.68. The smallest absolute Gasteiger partial charge is 0.310 e. The Balaban J connectivity index is 1.68. The van der Waals surface area contributed by atoms with Crippen LogP contribution in [0.1, 0.15) is 22.3 Å². The Morgan fingerprint density at radius 2 is 1.74 bits per heavy atom. The Morgan fingerprint density at radius 1 is 0.968 bits per heavy atom. The van der Waals surface area contributed by atoms with Crippen LogP contribution in [0.25, 0.3) is 11.2 Å². The Morgan fingerprint density at radius 3 is 2.48 bits per heavy atom. The first-order valence-corrected chi connectivity index (χ1v) is 10.5. The van der Waals surface area contributed by atoms with E-state index in [1.165, 1.54) is 14.7 Å². The molecule has 3 heterocycles. The molecule has 158 valence electrons. The van der Waals surface area contributed by atoms with E-state index < -0.39 is 0 Å². The molecular formula is C24H25N5O2. The van der Waals surface area contributed by atoms with Crippen molar-refractivity contribution in [1.82, 2.24) is 18.7 Å². The van der Waals surface area contributed by atoms with Gasteiger partial charge in [0.1, 0.15) is 0 Å². The van der Waals surface area contributed by atoms with Crippen molar-refractivity contribution in [3.63, 3.8) is 0 Å². The lowest BCUT2D eigenvalue weighted by atomic mass is 10.1. The number of imidazole rings is 1. The van der Waals surface area contributed by atoms with Gasteiger partial charge in [-0.15, -0.1) is 0 Å². The van der Waals surface area contributed by atoms with Gasteiger partial charge in [0.15, 0.2) is 11.2 Å². The standard InChI is InChI=1S/C24H25N5O2/c1-15-6-5-7-18(13-15)14-29-22(30)20-21(26(4)24(29)31)25-23-27(10-11-28(20)23)19-9-8-16(2)12-17(19)3/h5-9,12-13H,10-11,14H2,1-4H3. The molecule has 4 aromatic rings. The summed E-state index contributed by atoms with van der Waals surface area (Å²) >= 11 is 0. The van der Waals surface area contributed by atoms with Gasteiger partial charge in [0.05, 0.1) is 6.54 Å². The van der Waals surface area contributed by atoms with E-state index in [9.17, 15) is 9.59 Å². The molecule has 2 aromatic carbocycles. The molecule has 7 nitrogen and oxygen atoms in total. The highest BCUT2D eigenvalue weighted by Gasteiger charge is 2.29. The van der Waals surface area contributed by atoms with Crippen LogP contribution in [0.2, 0.25) is 0 Å². The van der Waals surface area contributed by atoms with E-state index in [2.05, 4.69) is 36.9 Å². The lowest BCUT2D eigenvalue weighted by Gasteiger charge is -2.19. The summed E-state index contributed by atoms with van der Waals surface area (Å²) in [6.45, 7) is 7.78. The lowest BCUT2D eigenvalue weighted by Crippen LogP contribution is -2.40. The second kappa shape index (κ2) is 6.97. The maximum atomic E-state index is 13.4. The van der Waals surface area contributed by atoms with E-state index in [1.54, 1.807) is 7.05 Å². The Hall–Kier alpha value is -3.61. The summed E-state index contributed by atoms with van der Waals surface area (Å²) < 4.78 is 4.74. The van der Waals surface area contributed by atoms with Crippen LogP contribution in [0.4, 0.5) is 11.6 Å². The van der Waals surface area contributed by atoms with Gasteiger partial charge < -0.3 is 9.47 Å². The highest BCUT2D eigenvalue weighted by atomic mass is 16.2. The third-order valence-electron chi connectivity index (χ3n) is 6.07. The minimum Gasteiger partial charge on any atom is -0.310 e. The Labute approximate surface area is 179 Å². The van der Waals surface area contributed by atoms with E-state index in [0.29, 0.717) is 23.7 Å².